The number of piperidine rings is 1. The van der Waals surface area contributed by atoms with Crippen molar-refractivity contribution in [3.63, 3.8) is 0 Å². The van der Waals surface area contributed by atoms with Gasteiger partial charge in [-0.05, 0) is 43.7 Å². The molecule has 1 aromatic rings. The summed E-state index contributed by atoms with van der Waals surface area (Å²) in [6.45, 7) is 1.58. The number of nitrogens with one attached hydrogen (secondary N) is 2. The summed E-state index contributed by atoms with van der Waals surface area (Å²) in [5.74, 6) is -0.0756. The highest BCUT2D eigenvalue weighted by molar-refractivity contribution is 5.94. The molecule has 2 amide bonds. The van der Waals surface area contributed by atoms with Crippen molar-refractivity contribution in [2.45, 2.75) is 18.9 Å². The molecule has 1 aromatic carbocycles. The van der Waals surface area contributed by atoms with Gasteiger partial charge in [0.15, 0.2) is 0 Å². The molecule has 1 fully saturated rings. The van der Waals surface area contributed by atoms with E-state index in [1.165, 1.54) is 0 Å². The van der Waals surface area contributed by atoms with Gasteiger partial charge < -0.3 is 15.5 Å². The van der Waals surface area contributed by atoms with Crippen LogP contribution in [0.1, 0.15) is 28.8 Å². The maximum atomic E-state index is 12.2. The Morgan fingerprint density at radius 3 is 2.59 bits per heavy atom. The number of hydrogen-bond acceptors (Lipinski definition) is 3. The third-order valence-corrected chi connectivity index (χ3v) is 3.96. The number of rotatable bonds is 4. The van der Waals surface area contributed by atoms with Crippen LogP contribution in [0.3, 0.4) is 0 Å². The summed E-state index contributed by atoms with van der Waals surface area (Å²) >= 11 is 0. The molecule has 0 spiro atoms. The number of likely N-dealkylation sites (N-methyl/N-ethyl adjacent to an activating group) is 1. The molecule has 0 saturated carbocycles. The van der Waals surface area contributed by atoms with Gasteiger partial charge in [-0.15, -0.1) is 0 Å². The maximum Gasteiger partial charge on any atom is 0.251 e. The summed E-state index contributed by atoms with van der Waals surface area (Å²) in [5.41, 5.74) is 1.52. The average Bonchev–Trinajstić information content (AvgIpc) is 2.59. The Bertz CT molecular complexity index is 552. The zero-order valence-electron chi connectivity index (χ0n) is 13.1. The lowest BCUT2D eigenvalue weighted by atomic mass is 10.1. The van der Waals surface area contributed by atoms with Crippen LogP contribution in [0.25, 0.3) is 6.08 Å². The van der Waals surface area contributed by atoms with Crippen molar-refractivity contribution in [1.82, 2.24) is 15.5 Å². The van der Waals surface area contributed by atoms with E-state index in [1.807, 2.05) is 24.1 Å². The third kappa shape index (κ3) is 4.18. The van der Waals surface area contributed by atoms with Crippen LogP contribution in [0, 0.1) is 0 Å². The van der Waals surface area contributed by atoms with Gasteiger partial charge >= 0.3 is 0 Å². The normalized spacial score (nSPS) is 18.5. The number of likely N-dealkylation sites (tertiary alicyclic amines) is 1. The van der Waals surface area contributed by atoms with E-state index in [9.17, 15) is 9.59 Å². The van der Waals surface area contributed by atoms with E-state index in [-0.39, 0.29) is 11.8 Å². The second-order valence-corrected chi connectivity index (χ2v) is 5.45. The van der Waals surface area contributed by atoms with Gasteiger partial charge in [0.05, 0.1) is 0 Å². The Labute approximate surface area is 131 Å². The Morgan fingerprint density at radius 1 is 1.23 bits per heavy atom. The molecule has 5 heteroatoms. The molecule has 1 atom stereocenters. The molecule has 1 unspecified atom stereocenters. The molecule has 1 heterocycles. The molecule has 0 aliphatic carbocycles. The van der Waals surface area contributed by atoms with Crippen LogP contribution in [0.2, 0.25) is 0 Å². The molecule has 22 heavy (non-hydrogen) atoms. The minimum atomic E-state index is -0.113. The fraction of sp³-hybridized carbons (Fsp3) is 0.412. The second kappa shape index (κ2) is 7.75. The SMILES string of the molecule is CNC(=O)c1ccc(C=CC(=O)N2CCCC(NC)C2)cc1. The van der Waals surface area contributed by atoms with Gasteiger partial charge in [-0.3, -0.25) is 9.59 Å². The fourth-order valence-corrected chi connectivity index (χ4v) is 2.58. The van der Waals surface area contributed by atoms with Crippen molar-refractivity contribution in [2.24, 2.45) is 0 Å². The highest BCUT2D eigenvalue weighted by Crippen LogP contribution is 2.11. The van der Waals surface area contributed by atoms with Gasteiger partial charge in [0.2, 0.25) is 5.91 Å². The molecular formula is C17H23N3O2. The summed E-state index contributed by atoms with van der Waals surface area (Å²) in [6, 6.07) is 7.56. The largest absolute Gasteiger partial charge is 0.355 e. The molecule has 0 bridgehead atoms. The maximum absolute atomic E-state index is 12.2. The zero-order valence-corrected chi connectivity index (χ0v) is 13.1. The van der Waals surface area contributed by atoms with Crippen molar-refractivity contribution < 1.29 is 9.59 Å². The molecular weight excluding hydrogens is 278 g/mol. The summed E-state index contributed by atoms with van der Waals surface area (Å²) in [7, 11) is 3.54. The number of benzene rings is 1. The summed E-state index contributed by atoms with van der Waals surface area (Å²) in [4.78, 5) is 25.5. The van der Waals surface area contributed by atoms with Gasteiger partial charge in [0.25, 0.3) is 5.91 Å². The van der Waals surface area contributed by atoms with Crippen LogP contribution >= 0.6 is 0 Å². The lowest BCUT2D eigenvalue weighted by Crippen LogP contribution is -2.46. The predicted molar refractivity (Wildman–Crippen MR) is 87.5 cm³/mol. The average molecular weight is 301 g/mol. The van der Waals surface area contributed by atoms with Gasteiger partial charge in [-0.2, -0.15) is 0 Å². The van der Waals surface area contributed by atoms with Gasteiger partial charge in [0.1, 0.15) is 0 Å². The van der Waals surface area contributed by atoms with E-state index >= 15 is 0 Å². The van der Waals surface area contributed by atoms with Gasteiger partial charge in [-0.25, -0.2) is 0 Å². The van der Waals surface area contributed by atoms with E-state index in [2.05, 4.69) is 10.6 Å². The van der Waals surface area contributed by atoms with Crippen LogP contribution in [0.5, 0.6) is 0 Å². The number of nitrogens with zero attached hydrogens (tertiary/aromatic N) is 1. The van der Waals surface area contributed by atoms with Crippen LogP contribution in [0.15, 0.2) is 30.3 Å². The standard InChI is InChI=1S/C17H23N3O2/c1-18-15-4-3-11-20(12-15)16(21)10-7-13-5-8-14(9-6-13)17(22)19-2/h5-10,15,18H,3-4,11-12H2,1-2H3,(H,19,22). The van der Waals surface area contributed by atoms with E-state index < -0.39 is 0 Å². The third-order valence-electron chi connectivity index (χ3n) is 3.96. The smallest absolute Gasteiger partial charge is 0.251 e. The minimum Gasteiger partial charge on any atom is -0.355 e. The Balaban J connectivity index is 1.96. The fourth-order valence-electron chi connectivity index (χ4n) is 2.58. The topological polar surface area (TPSA) is 61.4 Å². The lowest BCUT2D eigenvalue weighted by Gasteiger charge is -2.31. The molecule has 1 aliphatic rings. The predicted octanol–water partition coefficient (Wildman–Crippen LogP) is 1.27. The van der Waals surface area contributed by atoms with E-state index in [0.717, 1.165) is 31.5 Å². The quantitative estimate of drug-likeness (QED) is 0.823. The van der Waals surface area contributed by atoms with Crippen LogP contribution in [-0.2, 0) is 4.79 Å². The number of carbonyl (C=O) groups is 2. The molecule has 1 saturated heterocycles. The van der Waals surface area contributed by atoms with Crippen LogP contribution in [0.4, 0.5) is 0 Å². The molecule has 0 aromatic heterocycles. The van der Waals surface area contributed by atoms with E-state index in [4.69, 9.17) is 0 Å². The molecule has 2 rings (SSSR count). The van der Waals surface area contributed by atoms with Crippen molar-refractivity contribution >= 4 is 17.9 Å². The van der Waals surface area contributed by atoms with Gasteiger partial charge in [-0.1, -0.05) is 12.1 Å². The lowest BCUT2D eigenvalue weighted by molar-refractivity contribution is -0.127. The van der Waals surface area contributed by atoms with Crippen LogP contribution in [-0.4, -0.2) is 49.9 Å². The first kappa shape index (κ1) is 16.2. The highest BCUT2D eigenvalue weighted by atomic mass is 16.2. The van der Waals surface area contributed by atoms with E-state index in [0.29, 0.717) is 11.6 Å². The molecule has 5 nitrogen and oxygen atoms in total. The van der Waals surface area contributed by atoms with Crippen molar-refractivity contribution in [3.05, 3.63) is 41.5 Å². The molecule has 0 radical (unpaired) electrons. The first-order valence-electron chi connectivity index (χ1n) is 7.60. The molecule has 118 valence electrons. The van der Waals surface area contributed by atoms with Crippen molar-refractivity contribution in [1.29, 1.82) is 0 Å². The summed E-state index contributed by atoms with van der Waals surface area (Å²) < 4.78 is 0. The van der Waals surface area contributed by atoms with Crippen molar-refractivity contribution in [3.8, 4) is 0 Å². The Kier molecular flexibility index (Phi) is 5.72. The number of amides is 2. The van der Waals surface area contributed by atoms with E-state index in [1.54, 1.807) is 31.3 Å². The second-order valence-electron chi connectivity index (χ2n) is 5.45. The first-order valence-corrected chi connectivity index (χ1v) is 7.60. The van der Waals surface area contributed by atoms with Crippen molar-refractivity contribution in [2.75, 3.05) is 27.2 Å². The Hall–Kier alpha value is -2.14. The highest BCUT2D eigenvalue weighted by Gasteiger charge is 2.20. The first-order chi connectivity index (χ1) is 10.6. The molecule has 2 N–H and O–H groups in total. The van der Waals surface area contributed by atoms with Gasteiger partial charge in [0, 0.05) is 37.8 Å². The zero-order chi connectivity index (χ0) is 15.9. The minimum absolute atomic E-state index is 0.0373. The summed E-state index contributed by atoms with van der Waals surface area (Å²) in [6.07, 6.45) is 5.54. The number of carbonyl (C=O) groups excluding carboxylic acids is 2. The monoisotopic (exact) mass is 301 g/mol. The number of hydrogen-bond donors (Lipinski definition) is 2. The Morgan fingerprint density at radius 2 is 1.95 bits per heavy atom. The molecule has 1 aliphatic heterocycles. The van der Waals surface area contributed by atoms with Crippen LogP contribution < -0.4 is 10.6 Å². The summed E-state index contributed by atoms with van der Waals surface area (Å²) in [5, 5.41) is 5.81.